The average Bonchev–Trinajstić information content (AvgIpc) is 2.47. The van der Waals surface area contributed by atoms with Gasteiger partial charge in [0, 0.05) is 42.8 Å². The normalized spacial score (nSPS) is 15.3. The summed E-state index contributed by atoms with van der Waals surface area (Å²) in [4.78, 5) is 4.73. The summed E-state index contributed by atoms with van der Waals surface area (Å²) < 4.78 is 38.5. The van der Waals surface area contributed by atoms with Crippen molar-refractivity contribution in [1.29, 1.82) is 0 Å². The topological polar surface area (TPSA) is 107 Å². The van der Waals surface area contributed by atoms with Crippen LogP contribution in [0.4, 0.5) is 9.57 Å². The van der Waals surface area contributed by atoms with Gasteiger partial charge in [0.1, 0.15) is 5.75 Å². The molecule has 1 aliphatic rings. The molecule has 1 saturated heterocycles. The van der Waals surface area contributed by atoms with Gasteiger partial charge >= 0.3 is 10.5 Å². The summed E-state index contributed by atoms with van der Waals surface area (Å²) in [6.45, 7) is 4.91. The molecule has 1 heterocycles. The predicted molar refractivity (Wildman–Crippen MR) is 79.8 cm³/mol. The van der Waals surface area contributed by atoms with Crippen LogP contribution in [0.25, 0.3) is 10.4 Å². The van der Waals surface area contributed by atoms with Crippen molar-refractivity contribution < 1.29 is 16.5 Å². The third-order valence-corrected chi connectivity index (χ3v) is 3.81. The van der Waals surface area contributed by atoms with Crippen LogP contribution in [0.5, 0.6) is 5.75 Å². The van der Waals surface area contributed by atoms with Crippen molar-refractivity contribution in [2.45, 2.75) is 13.5 Å². The number of hydrogen-bond acceptors (Lipinski definition) is 6. The SMILES string of the molecule is Cc1c(CN=[N+]=[N-])cc(OS(=O)(=O)F)cc1N1CCNCC1. The number of halogens is 1. The average molecular weight is 329 g/mol. The van der Waals surface area contributed by atoms with Crippen molar-refractivity contribution in [3.8, 4) is 5.75 Å². The third-order valence-electron chi connectivity index (χ3n) is 3.42. The summed E-state index contributed by atoms with van der Waals surface area (Å²) in [6, 6.07) is 2.85. The highest BCUT2D eigenvalue weighted by molar-refractivity contribution is 7.81. The van der Waals surface area contributed by atoms with E-state index in [0.717, 1.165) is 37.4 Å². The number of azide groups is 1. The second kappa shape index (κ2) is 6.82. The van der Waals surface area contributed by atoms with Gasteiger partial charge in [0.15, 0.2) is 0 Å². The standard InChI is InChI=1S/C12H16FN5O3S/c1-9-10(8-16-17-14)6-11(21-22(13,19)20)7-12(9)18-4-2-15-3-5-18/h6-7,15H,2-5,8H2,1H3. The second-order valence-electron chi connectivity index (χ2n) is 4.83. The minimum absolute atomic E-state index is 0.0327. The Hall–Kier alpha value is -2.03. The van der Waals surface area contributed by atoms with E-state index in [4.69, 9.17) is 5.53 Å². The monoisotopic (exact) mass is 329 g/mol. The van der Waals surface area contributed by atoms with Crippen molar-refractivity contribution >= 4 is 16.2 Å². The molecule has 0 unspecified atom stereocenters. The Morgan fingerprint density at radius 2 is 2.14 bits per heavy atom. The number of benzene rings is 1. The summed E-state index contributed by atoms with van der Waals surface area (Å²) in [5.74, 6) is -0.134. The molecule has 1 aromatic rings. The van der Waals surface area contributed by atoms with Crippen LogP contribution in [0.3, 0.4) is 0 Å². The molecule has 1 aliphatic heterocycles. The molecule has 0 radical (unpaired) electrons. The third kappa shape index (κ3) is 4.23. The molecule has 0 saturated carbocycles. The molecule has 0 aliphatic carbocycles. The van der Waals surface area contributed by atoms with Gasteiger partial charge in [-0.3, -0.25) is 0 Å². The van der Waals surface area contributed by atoms with Gasteiger partial charge in [-0.05, 0) is 29.6 Å². The molecule has 0 amide bonds. The largest absolute Gasteiger partial charge is 0.488 e. The van der Waals surface area contributed by atoms with E-state index in [9.17, 15) is 12.3 Å². The molecule has 0 atom stereocenters. The van der Waals surface area contributed by atoms with Crippen LogP contribution >= 0.6 is 0 Å². The van der Waals surface area contributed by atoms with Gasteiger partial charge in [0.05, 0.1) is 6.54 Å². The van der Waals surface area contributed by atoms with Crippen LogP contribution in [0.15, 0.2) is 17.2 Å². The molecule has 22 heavy (non-hydrogen) atoms. The summed E-state index contributed by atoms with van der Waals surface area (Å²) in [5, 5.41) is 6.69. The minimum Gasteiger partial charge on any atom is -0.369 e. The van der Waals surface area contributed by atoms with E-state index in [-0.39, 0.29) is 12.3 Å². The van der Waals surface area contributed by atoms with Crippen molar-refractivity contribution in [2.75, 3.05) is 31.1 Å². The van der Waals surface area contributed by atoms with Crippen molar-refractivity contribution in [2.24, 2.45) is 5.11 Å². The number of piperazine rings is 1. The molecule has 10 heteroatoms. The van der Waals surface area contributed by atoms with Crippen LogP contribution in [0, 0.1) is 6.92 Å². The zero-order valence-electron chi connectivity index (χ0n) is 12.0. The molecule has 1 fully saturated rings. The number of nitrogens with one attached hydrogen (secondary N) is 1. The van der Waals surface area contributed by atoms with Gasteiger partial charge in [-0.1, -0.05) is 9.00 Å². The van der Waals surface area contributed by atoms with Crippen LogP contribution in [0.2, 0.25) is 0 Å². The first kappa shape index (κ1) is 16.3. The predicted octanol–water partition coefficient (Wildman–Crippen LogP) is 1.81. The van der Waals surface area contributed by atoms with Gasteiger partial charge in [-0.15, -0.1) is 0 Å². The minimum atomic E-state index is -5.11. The zero-order chi connectivity index (χ0) is 16.2. The smallest absolute Gasteiger partial charge is 0.369 e. The lowest BCUT2D eigenvalue weighted by molar-refractivity contribution is 0.440. The van der Waals surface area contributed by atoms with E-state index in [1.54, 1.807) is 0 Å². The fourth-order valence-electron chi connectivity index (χ4n) is 2.40. The lowest BCUT2D eigenvalue weighted by Gasteiger charge is -2.31. The Bertz CT molecular complexity index is 697. The highest BCUT2D eigenvalue weighted by Crippen LogP contribution is 2.31. The Balaban J connectivity index is 2.44. The number of rotatable bonds is 5. The lowest BCUT2D eigenvalue weighted by Crippen LogP contribution is -2.43. The molecule has 1 N–H and O–H groups in total. The summed E-state index contributed by atoms with van der Waals surface area (Å²) in [7, 11) is -5.11. The van der Waals surface area contributed by atoms with Gasteiger partial charge in [0.25, 0.3) is 0 Å². The van der Waals surface area contributed by atoms with Crippen molar-refractivity contribution in [3.63, 3.8) is 0 Å². The van der Waals surface area contributed by atoms with Crippen LogP contribution in [0.1, 0.15) is 11.1 Å². The first-order chi connectivity index (χ1) is 10.4. The van der Waals surface area contributed by atoms with E-state index in [2.05, 4.69) is 19.5 Å². The second-order valence-corrected chi connectivity index (χ2v) is 5.78. The molecule has 0 spiro atoms. The first-order valence-electron chi connectivity index (χ1n) is 6.65. The number of nitrogens with zero attached hydrogens (tertiary/aromatic N) is 4. The van der Waals surface area contributed by atoms with Gasteiger partial charge in [0.2, 0.25) is 0 Å². The Morgan fingerprint density at radius 1 is 1.45 bits per heavy atom. The highest BCUT2D eigenvalue weighted by Gasteiger charge is 2.18. The molecule has 0 bridgehead atoms. The maximum absolute atomic E-state index is 12.8. The Morgan fingerprint density at radius 3 is 2.73 bits per heavy atom. The van der Waals surface area contributed by atoms with E-state index in [1.165, 1.54) is 12.1 Å². The molecule has 0 aromatic heterocycles. The van der Waals surface area contributed by atoms with Crippen molar-refractivity contribution in [1.82, 2.24) is 5.32 Å². The molecule has 1 aromatic carbocycles. The molecule has 120 valence electrons. The molecular formula is C12H16FN5O3S. The van der Waals surface area contributed by atoms with E-state index >= 15 is 0 Å². The van der Waals surface area contributed by atoms with E-state index in [1.807, 2.05) is 11.8 Å². The van der Waals surface area contributed by atoms with Gasteiger partial charge in [-0.25, -0.2) is 0 Å². The zero-order valence-corrected chi connectivity index (χ0v) is 12.8. The molecule has 2 rings (SSSR count). The number of anilines is 1. The fraction of sp³-hybridized carbons (Fsp3) is 0.500. The fourth-order valence-corrected chi connectivity index (χ4v) is 2.72. The van der Waals surface area contributed by atoms with Crippen LogP contribution in [-0.4, -0.2) is 34.6 Å². The number of hydrogen-bond donors (Lipinski definition) is 1. The summed E-state index contributed by atoms with van der Waals surface area (Å²) in [5.41, 5.74) is 10.6. The quantitative estimate of drug-likeness (QED) is 0.383. The highest BCUT2D eigenvalue weighted by atomic mass is 32.3. The Labute approximate surface area is 127 Å². The van der Waals surface area contributed by atoms with Crippen LogP contribution in [-0.2, 0) is 17.0 Å². The lowest BCUT2D eigenvalue weighted by atomic mass is 10.0. The summed E-state index contributed by atoms with van der Waals surface area (Å²) in [6.07, 6.45) is 0. The van der Waals surface area contributed by atoms with Gasteiger partial charge < -0.3 is 14.4 Å². The summed E-state index contributed by atoms with van der Waals surface area (Å²) >= 11 is 0. The maximum atomic E-state index is 12.8. The molecule has 8 nitrogen and oxygen atoms in total. The van der Waals surface area contributed by atoms with Crippen LogP contribution < -0.4 is 14.4 Å². The van der Waals surface area contributed by atoms with E-state index in [0.29, 0.717) is 5.56 Å². The molecular weight excluding hydrogens is 313 g/mol. The maximum Gasteiger partial charge on any atom is 0.488 e. The first-order valence-corrected chi connectivity index (χ1v) is 7.95. The van der Waals surface area contributed by atoms with E-state index < -0.39 is 10.5 Å². The van der Waals surface area contributed by atoms with Crippen molar-refractivity contribution in [3.05, 3.63) is 33.7 Å². The van der Waals surface area contributed by atoms with Gasteiger partial charge in [-0.2, -0.15) is 8.42 Å². The Kier molecular flexibility index (Phi) is 5.07.